The second kappa shape index (κ2) is 13.2. The number of Topliss-reactive ketones (excluding diaryl/α,β-unsaturated/α-hetero) is 1. The van der Waals surface area contributed by atoms with Gasteiger partial charge in [-0.2, -0.15) is 43.1 Å². The summed E-state index contributed by atoms with van der Waals surface area (Å²) in [6, 6.07) is 8.46. The fraction of sp³-hybridized carbons (Fsp3) is 0.346. The van der Waals surface area contributed by atoms with E-state index >= 15 is 0 Å². The monoisotopic (exact) mass is 633 g/mol. The first-order valence-electron chi connectivity index (χ1n) is 12.1. The number of hydrogen-bond donors (Lipinski definition) is 2. The van der Waals surface area contributed by atoms with Gasteiger partial charge in [0.1, 0.15) is 6.54 Å². The number of thioether (sulfide) groups is 2. The molecule has 0 radical (unpaired) electrons. The van der Waals surface area contributed by atoms with E-state index in [1.165, 1.54) is 43.0 Å². The molecule has 2 aromatic carbocycles. The van der Waals surface area contributed by atoms with E-state index < -0.39 is 48.1 Å². The normalized spacial score (nSPS) is 12.6. The van der Waals surface area contributed by atoms with Crippen molar-refractivity contribution in [2.45, 2.75) is 43.7 Å². The summed E-state index contributed by atoms with van der Waals surface area (Å²) in [5.41, 5.74) is 0.729. The smallest absolute Gasteiger partial charge is 0.349 e. The maximum absolute atomic E-state index is 13.3. The standard InChI is InChI=1S/C26H25F6N5O3S2/c1-13-10-15(18(38)11-37-24(26(30,31)32)35-23(36-37)25(27,28)29)8-9-17(13)34-21(39)16-6-5-7-19(42-4)20(16)22(40)33-14(2)12-41-3/h5-10,14H,11-12H2,1-4H3,(H,33,40)(H,34,39)/t14-/m0/s1. The van der Waals surface area contributed by atoms with Crippen molar-refractivity contribution in [1.82, 2.24) is 20.1 Å². The number of amides is 2. The maximum Gasteiger partial charge on any atom is 0.453 e. The van der Waals surface area contributed by atoms with Crippen LogP contribution in [-0.4, -0.2) is 56.7 Å². The van der Waals surface area contributed by atoms with Crippen LogP contribution in [0.4, 0.5) is 32.0 Å². The number of carbonyl (C=O) groups excluding carboxylic acids is 3. The molecule has 3 rings (SSSR count). The molecule has 0 spiro atoms. The Balaban J connectivity index is 1.85. The van der Waals surface area contributed by atoms with Gasteiger partial charge in [-0.1, -0.05) is 6.07 Å². The minimum absolute atomic E-state index is 0.0987. The zero-order valence-corrected chi connectivity index (χ0v) is 24.2. The Labute approximate surface area is 245 Å². The summed E-state index contributed by atoms with van der Waals surface area (Å²) >= 11 is 2.84. The van der Waals surface area contributed by atoms with Crippen LogP contribution < -0.4 is 10.6 Å². The molecule has 2 N–H and O–H groups in total. The van der Waals surface area contributed by atoms with E-state index in [0.717, 1.165) is 0 Å². The van der Waals surface area contributed by atoms with Crippen LogP contribution in [0.25, 0.3) is 0 Å². The minimum atomic E-state index is -5.28. The van der Waals surface area contributed by atoms with Crippen LogP contribution in [0.15, 0.2) is 41.3 Å². The molecular formula is C26H25F6N5O3S2. The number of hydrogen-bond acceptors (Lipinski definition) is 7. The lowest BCUT2D eigenvalue weighted by Gasteiger charge is -2.17. The molecule has 16 heteroatoms. The van der Waals surface area contributed by atoms with Crippen molar-refractivity contribution >= 4 is 46.8 Å². The summed E-state index contributed by atoms with van der Waals surface area (Å²) in [5, 5.41) is 8.38. The molecule has 2 amide bonds. The van der Waals surface area contributed by atoms with Crippen molar-refractivity contribution in [2.75, 3.05) is 23.6 Å². The molecule has 0 bridgehead atoms. The van der Waals surface area contributed by atoms with Crippen LogP contribution in [0.3, 0.4) is 0 Å². The quantitative estimate of drug-likeness (QED) is 0.161. The van der Waals surface area contributed by atoms with E-state index in [-0.39, 0.29) is 33.1 Å². The lowest BCUT2D eigenvalue weighted by molar-refractivity contribution is -0.150. The van der Waals surface area contributed by atoms with Crippen molar-refractivity contribution in [3.8, 4) is 0 Å². The van der Waals surface area contributed by atoms with E-state index in [1.54, 1.807) is 30.2 Å². The van der Waals surface area contributed by atoms with Crippen LogP contribution in [-0.2, 0) is 18.9 Å². The Bertz CT molecular complexity index is 1490. The second-order valence-corrected chi connectivity index (χ2v) is 10.8. The fourth-order valence-corrected chi connectivity index (χ4v) is 5.09. The zero-order chi connectivity index (χ0) is 31.4. The number of nitrogens with zero attached hydrogens (tertiary/aromatic N) is 3. The number of anilines is 1. The number of halogens is 6. The van der Waals surface area contributed by atoms with E-state index in [9.17, 15) is 40.7 Å². The maximum atomic E-state index is 13.3. The van der Waals surface area contributed by atoms with E-state index in [4.69, 9.17) is 0 Å². The number of carbonyl (C=O) groups is 3. The Morgan fingerprint density at radius 2 is 1.69 bits per heavy atom. The number of nitrogens with one attached hydrogen (secondary N) is 2. The molecule has 0 aliphatic heterocycles. The number of ketones is 1. The third-order valence-corrected chi connectivity index (χ3v) is 7.39. The molecule has 0 aliphatic carbocycles. The van der Waals surface area contributed by atoms with Gasteiger partial charge in [-0.15, -0.1) is 16.9 Å². The van der Waals surface area contributed by atoms with Crippen molar-refractivity contribution in [3.05, 3.63) is 70.3 Å². The topological polar surface area (TPSA) is 106 Å². The Kier molecular flexibility index (Phi) is 10.4. The Hall–Kier alpha value is -3.53. The highest BCUT2D eigenvalue weighted by Gasteiger charge is 2.44. The van der Waals surface area contributed by atoms with Gasteiger partial charge >= 0.3 is 12.4 Å². The summed E-state index contributed by atoms with van der Waals surface area (Å²) in [6.07, 6.45) is -6.86. The second-order valence-electron chi connectivity index (χ2n) is 9.03. The fourth-order valence-electron chi connectivity index (χ4n) is 3.89. The van der Waals surface area contributed by atoms with Crippen molar-refractivity contribution in [3.63, 3.8) is 0 Å². The number of aromatic nitrogens is 3. The molecule has 8 nitrogen and oxygen atoms in total. The first-order chi connectivity index (χ1) is 19.6. The average Bonchev–Trinajstić information content (AvgIpc) is 3.34. The van der Waals surface area contributed by atoms with Gasteiger partial charge in [0.2, 0.25) is 5.82 Å². The minimum Gasteiger partial charge on any atom is -0.349 e. The average molecular weight is 634 g/mol. The highest BCUT2D eigenvalue weighted by atomic mass is 32.2. The van der Waals surface area contributed by atoms with Gasteiger partial charge in [0, 0.05) is 27.9 Å². The molecule has 1 atom stereocenters. The van der Waals surface area contributed by atoms with Gasteiger partial charge in [0.25, 0.3) is 17.6 Å². The van der Waals surface area contributed by atoms with E-state index in [2.05, 4.69) is 20.7 Å². The Morgan fingerprint density at radius 1 is 1.00 bits per heavy atom. The van der Waals surface area contributed by atoms with Crippen LogP contribution in [0, 0.1) is 6.92 Å². The van der Waals surface area contributed by atoms with Crippen LogP contribution in [0.2, 0.25) is 0 Å². The molecule has 1 heterocycles. The lowest BCUT2D eigenvalue weighted by atomic mass is 10.0. The highest BCUT2D eigenvalue weighted by molar-refractivity contribution is 7.98. The Morgan fingerprint density at radius 3 is 2.26 bits per heavy atom. The summed E-state index contributed by atoms with van der Waals surface area (Å²) in [6.45, 7) is 2.20. The van der Waals surface area contributed by atoms with E-state index in [0.29, 0.717) is 16.2 Å². The number of rotatable bonds is 10. The third kappa shape index (κ3) is 7.85. The van der Waals surface area contributed by atoms with Gasteiger partial charge in [0.15, 0.2) is 5.78 Å². The molecule has 226 valence electrons. The number of alkyl halides is 6. The molecule has 1 aromatic heterocycles. The molecule has 3 aromatic rings. The predicted octanol–water partition coefficient (Wildman–Crippen LogP) is 5.96. The molecule has 0 saturated carbocycles. The van der Waals surface area contributed by atoms with Gasteiger partial charge < -0.3 is 10.6 Å². The summed E-state index contributed by atoms with van der Waals surface area (Å²) < 4.78 is 78.3. The first kappa shape index (κ1) is 33.0. The largest absolute Gasteiger partial charge is 0.453 e. The van der Waals surface area contributed by atoms with Crippen LogP contribution in [0.5, 0.6) is 0 Å². The molecule has 0 saturated heterocycles. The van der Waals surface area contributed by atoms with Gasteiger partial charge in [-0.25, -0.2) is 4.68 Å². The summed E-state index contributed by atoms with van der Waals surface area (Å²) in [7, 11) is 0. The van der Waals surface area contributed by atoms with E-state index in [1.807, 2.05) is 13.2 Å². The van der Waals surface area contributed by atoms with Crippen molar-refractivity contribution < 1.29 is 40.7 Å². The lowest BCUT2D eigenvalue weighted by Crippen LogP contribution is -2.35. The third-order valence-electron chi connectivity index (χ3n) is 5.78. The van der Waals surface area contributed by atoms with Crippen LogP contribution in [0.1, 0.15) is 55.2 Å². The highest BCUT2D eigenvalue weighted by Crippen LogP contribution is 2.33. The van der Waals surface area contributed by atoms with Crippen molar-refractivity contribution in [2.24, 2.45) is 0 Å². The summed E-state index contributed by atoms with van der Waals surface area (Å²) in [5.74, 6) is -5.33. The van der Waals surface area contributed by atoms with Gasteiger partial charge in [-0.05, 0) is 62.3 Å². The molecule has 0 fully saturated rings. The number of aryl methyl sites for hydroxylation is 1. The molecular weight excluding hydrogens is 608 g/mol. The van der Waals surface area contributed by atoms with Gasteiger partial charge in [-0.3, -0.25) is 14.4 Å². The van der Waals surface area contributed by atoms with Gasteiger partial charge in [0.05, 0.1) is 11.1 Å². The SMILES string of the molecule is CSC[C@H](C)NC(=O)c1c(SC)cccc1C(=O)Nc1ccc(C(=O)Cn2nc(C(F)(F)F)nc2C(F)(F)F)cc1C. The molecule has 0 unspecified atom stereocenters. The van der Waals surface area contributed by atoms with Crippen molar-refractivity contribution in [1.29, 1.82) is 0 Å². The number of benzene rings is 2. The molecule has 42 heavy (non-hydrogen) atoms. The molecule has 0 aliphatic rings. The van der Waals surface area contributed by atoms with Crippen LogP contribution >= 0.6 is 23.5 Å². The summed E-state index contributed by atoms with van der Waals surface area (Å²) in [4.78, 5) is 42.1. The predicted molar refractivity (Wildman–Crippen MR) is 147 cm³/mol. The first-order valence-corrected chi connectivity index (χ1v) is 14.7. The zero-order valence-electron chi connectivity index (χ0n) is 22.6.